The van der Waals surface area contributed by atoms with Crippen LogP contribution in [0.15, 0.2) is 42.5 Å². The number of hydrogen-bond donors (Lipinski definition) is 1. The molecule has 0 bridgehead atoms. The maximum atomic E-state index is 12.4. The maximum absolute atomic E-state index is 12.4. The smallest absolute Gasteiger partial charge is 0.340 e. The summed E-state index contributed by atoms with van der Waals surface area (Å²) in [6.45, 7) is 2.24. The standard InChI is InChI=1S/C20H15NO9/c1-10(22)28-15-8-7-12(9-16(15)29-11(2)23)17(20(26)27)30-21-18(24)13-5-3-4-6-14(13)19(21)25/h3-9,17H,1-2H3,(H,26,27)/t17-/m1/s1. The maximum Gasteiger partial charge on any atom is 0.340 e. The highest BCUT2D eigenvalue weighted by Gasteiger charge is 2.40. The van der Waals surface area contributed by atoms with Crippen molar-refractivity contribution >= 4 is 29.7 Å². The van der Waals surface area contributed by atoms with E-state index in [0.29, 0.717) is 5.06 Å². The minimum absolute atomic E-state index is 0.0637. The van der Waals surface area contributed by atoms with Gasteiger partial charge < -0.3 is 14.6 Å². The molecule has 0 spiro atoms. The Balaban J connectivity index is 1.94. The van der Waals surface area contributed by atoms with Crippen LogP contribution in [0, 0.1) is 0 Å². The number of benzene rings is 2. The molecule has 1 atom stereocenters. The molecule has 2 aromatic carbocycles. The molecular weight excluding hydrogens is 398 g/mol. The predicted octanol–water partition coefficient (Wildman–Crippen LogP) is 1.89. The van der Waals surface area contributed by atoms with Crippen LogP contribution < -0.4 is 9.47 Å². The first-order valence-corrected chi connectivity index (χ1v) is 8.57. The van der Waals surface area contributed by atoms with Crippen LogP contribution in [0.3, 0.4) is 0 Å². The third-order valence-electron chi connectivity index (χ3n) is 3.97. The second-order valence-electron chi connectivity index (χ2n) is 6.17. The van der Waals surface area contributed by atoms with Crippen LogP contribution in [0.25, 0.3) is 0 Å². The van der Waals surface area contributed by atoms with Crippen molar-refractivity contribution in [3.63, 3.8) is 0 Å². The van der Waals surface area contributed by atoms with Crippen molar-refractivity contribution in [1.29, 1.82) is 0 Å². The molecule has 1 N–H and O–H groups in total. The topological polar surface area (TPSA) is 137 Å². The third-order valence-corrected chi connectivity index (χ3v) is 3.97. The Morgan fingerprint density at radius 3 is 1.90 bits per heavy atom. The summed E-state index contributed by atoms with van der Waals surface area (Å²) >= 11 is 0. The third kappa shape index (κ3) is 4.03. The van der Waals surface area contributed by atoms with Crippen LogP contribution in [-0.4, -0.2) is 39.9 Å². The van der Waals surface area contributed by atoms with E-state index in [4.69, 9.17) is 14.3 Å². The number of hydroxylamine groups is 2. The zero-order valence-electron chi connectivity index (χ0n) is 15.8. The molecule has 30 heavy (non-hydrogen) atoms. The summed E-state index contributed by atoms with van der Waals surface area (Å²) in [6, 6.07) is 9.50. The quantitative estimate of drug-likeness (QED) is 0.427. The highest BCUT2D eigenvalue weighted by Crippen LogP contribution is 2.34. The van der Waals surface area contributed by atoms with E-state index < -0.39 is 35.8 Å². The van der Waals surface area contributed by atoms with Gasteiger partial charge in [0.25, 0.3) is 11.8 Å². The van der Waals surface area contributed by atoms with Gasteiger partial charge in [0, 0.05) is 13.8 Å². The lowest BCUT2D eigenvalue weighted by molar-refractivity contribution is -0.176. The Kier molecular flexibility index (Phi) is 5.61. The van der Waals surface area contributed by atoms with E-state index in [2.05, 4.69) is 0 Å². The lowest BCUT2D eigenvalue weighted by atomic mass is 10.1. The number of carboxylic acid groups (broad SMARTS) is 1. The van der Waals surface area contributed by atoms with Crippen molar-refractivity contribution in [2.45, 2.75) is 20.0 Å². The molecule has 2 amide bonds. The van der Waals surface area contributed by atoms with E-state index in [1.165, 1.54) is 24.3 Å². The molecule has 3 rings (SSSR count). The SMILES string of the molecule is CC(=O)Oc1ccc([C@@H](ON2C(=O)c3ccccc3C2=O)C(=O)O)cc1OC(C)=O. The van der Waals surface area contributed by atoms with Crippen LogP contribution in [0.4, 0.5) is 0 Å². The number of nitrogens with zero attached hydrogens (tertiary/aromatic N) is 1. The van der Waals surface area contributed by atoms with Gasteiger partial charge in [-0.3, -0.25) is 19.2 Å². The molecule has 0 saturated heterocycles. The number of carbonyl (C=O) groups excluding carboxylic acids is 4. The molecule has 0 fully saturated rings. The van der Waals surface area contributed by atoms with Crippen LogP contribution >= 0.6 is 0 Å². The van der Waals surface area contributed by atoms with Crippen LogP contribution in [0.2, 0.25) is 0 Å². The van der Waals surface area contributed by atoms with Crippen LogP contribution in [-0.2, 0) is 19.2 Å². The summed E-state index contributed by atoms with van der Waals surface area (Å²) in [5.41, 5.74) is 0.0982. The zero-order chi connectivity index (χ0) is 22.0. The van der Waals surface area contributed by atoms with E-state index in [1.807, 2.05) is 0 Å². The average molecular weight is 413 g/mol. The predicted molar refractivity (Wildman–Crippen MR) is 97.5 cm³/mol. The molecule has 0 radical (unpaired) electrons. The van der Waals surface area contributed by atoms with Crippen molar-refractivity contribution < 1.29 is 43.4 Å². The zero-order valence-corrected chi connectivity index (χ0v) is 15.8. The van der Waals surface area contributed by atoms with E-state index in [9.17, 15) is 29.1 Å². The molecule has 1 heterocycles. The fraction of sp³-hybridized carbons (Fsp3) is 0.150. The van der Waals surface area contributed by atoms with Gasteiger partial charge in [-0.2, -0.15) is 0 Å². The van der Waals surface area contributed by atoms with Crippen LogP contribution in [0.5, 0.6) is 11.5 Å². The number of rotatable bonds is 6. The molecular formula is C20H15NO9. The van der Waals surface area contributed by atoms with E-state index in [-0.39, 0.29) is 28.2 Å². The first-order chi connectivity index (χ1) is 14.2. The Morgan fingerprint density at radius 1 is 0.867 bits per heavy atom. The first kappa shape index (κ1) is 20.7. The van der Waals surface area contributed by atoms with Gasteiger partial charge in [0.15, 0.2) is 11.5 Å². The lowest BCUT2D eigenvalue weighted by Gasteiger charge is -2.20. The Hall–Kier alpha value is -4.05. The van der Waals surface area contributed by atoms with Crippen molar-refractivity contribution in [2.75, 3.05) is 0 Å². The van der Waals surface area contributed by atoms with Gasteiger partial charge in [0.05, 0.1) is 11.1 Å². The lowest BCUT2D eigenvalue weighted by Crippen LogP contribution is -2.34. The molecule has 1 aliphatic heterocycles. The number of aliphatic carboxylic acids is 1. The van der Waals surface area contributed by atoms with Gasteiger partial charge in [-0.15, -0.1) is 5.06 Å². The van der Waals surface area contributed by atoms with Gasteiger partial charge >= 0.3 is 17.9 Å². The number of carbonyl (C=O) groups is 5. The monoisotopic (exact) mass is 413 g/mol. The van der Waals surface area contributed by atoms with Crippen molar-refractivity contribution in [1.82, 2.24) is 5.06 Å². The summed E-state index contributed by atoms with van der Waals surface area (Å²) in [7, 11) is 0. The minimum atomic E-state index is -1.80. The molecule has 2 aromatic rings. The van der Waals surface area contributed by atoms with Crippen molar-refractivity contribution in [3.8, 4) is 11.5 Å². The molecule has 154 valence electrons. The van der Waals surface area contributed by atoms with Crippen molar-refractivity contribution in [2.24, 2.45) is 0 Å². The number of amides is 2. The number of imide groups is 1. The largest absolute Gasteiger partial charge is 0.479 e. The van der Waals surface area contributed by atoms with E-state index in [0.717, 1.165) is 19.9 Å². The van der Waals surface area contributed by atoms with Gasteiger partial charge in [-0.1, -0.05) is 18.2 Å². The number of carboxylic acids is 1. The number of hydrogen-bond acceptors (Lipinski definition) is 8. The normalized spacial score (nSPS) is 13.6. The van der Waals surface area contributed by atoms with Gasteiger partial charge in [0.1, 0.15) is 0 Å². The fourth-order valence-corrected chi connectivity index (χ4v) is 2.78. The summed E-state index contributed by atoms with van der Waals surface area (Å²) < 4.78 is 9.90. The molecule has 0 unspecified atom stereocenters. The summed E-state index contributed by atoms with van der Waals surface area (Å²) in [4.78, 5) is 64.5. The summed E-state index contributed by atoms with van der Waals surface area (Å²) in [5.74, 6) is -4.90. The highest BCUT2D eigenvalue weighted by atomic mass is 16.7. The number of esters is 2. The molecule has 0 aliphatic carbocycles. The molecule has 0 saturated carbocycles. The van der Waals surface area contributed by atoms with Crippen LogP contribution in [0.1, 0.15) is 46.2 Å². The number of fused-ring (bicyclic) bond motifs is 1. The second-order valence-corrected chi connectivity index (χ2v) is 6.17. The van der Waals surface area contributed by atoms with Gasteiger partial charge in [0.2, 0.25) is 6.10 Å². The van der Waals surface area contributed by atoms with E-state index in [1.54, 1.807) is 12.1 Å². The van der Waals surface area contributed by atoms with Gasteiger partial charge in [-0.05, 0) is 29.8 Å². The minimum Gasteiger partial charge on any atom is -0.479 e. The highest BCUT2D eigenvalue weighted by molar-refractivity contribution is 6.20. The molecule has 10 nitrogen and oxygen atoms in total. The number of ether oxygens (including phenoxy) is 2. The van der Waals surface area contributed by atoms with E-state index >= 15 is 0 Å². The first-order valence-electron chi connectivity index (χ1n) is 8.57. The summed E-state index contributed by atoms with van der Waals surface area (Å²) in [6.07, 6.45) is -1.80. The van der Waals surface area contributed by atoms with Gasteiger partial charge in [-0.25, -0.2) is 9.63 Å². The fourth-order valence-electron chi connectivity index (χ4n) is 2.78. The van der Waals surface area contributed by atoms with Crippen molar-refractivity contribution in [3.05, 3.63) is 59.2 Å². The summed E-state index contributed by atoms with van der Waals surface area (Å²) in [5, 5.41) is 9.97. The molecule has 1 aliphatic rings. The molecule has 10 heteroatoms. The Labute approximate surface area is 169 Å². The second kappa shape index (κ2) is 8.13. The Bertz CT molecular complexity index is 1040. The average Bonchev–Trinajstić information content (AvgIpc) is 2.91. The molecule has 0 aromatic heterocycles. The Morgan fingerprint density at radius 2 is 1.40 bits per heavy atom.